The molecule has 122 valence electrons. The normalized spacial score (nSPS) is 11.1. The maximum absolute atomic E-state index is 11.6. The fourth-order valence-corrected chi connectivity index (χ4v) is 3.12. The molecule has 0 amide bonds. The van der Waals surface area contributed by atoms with Crippen molar-refractivity contribution >= 4 is 61.9 Å². The lowest BCUT2D eigenvalue weighted by Gasteiger charge is -2.12. The van der Waals surface area contributed by atoms with E-state index < -0.39 is 10.0 Å². The van der Waals surface area contributed by atoms with E-state index in [1.165, 1.54) is 19.2 Å². The zero-order chi connectivity index (χ0) is 17.0. The summed E-state index contributed by atoms with van der Waals surface area (Å²) in [6.07, 6.45) is 0. The molecule has 0 aliphatic carbocycles. The smallest absolute Gasteiger partial charge is 0.240 e. The van der Waals surface area contributed by atoms with Gasteiger partial charge in [0.2, 0.25) is 10.0 Å². The molecule has 0 aliphatic rings. The van der Waals surface area contributed by atoms with Gasteiger partial charge in [0.1, 0.15) is 0 Å². The van der Waals surface area contributed by atoms with E-state index in [4.69, 9.17) is 35.4 Å². The lowest BCUT2D eigenvalue weighted by molar-refractivity contribution is 0.588. The van der Waals surface area contributed by atoms with Gasteiger partial charge in [-0.3, -0.25) is 0 Å². The minimum absolute atomic E-state index is 0.171. The van der Waals surface area contributed by atoms with Gasteiger partial charge in [-0.15, -0.1) is 0 Å². The molecule has 0 aromatic heterocycles. The van der Waals surface area contributed by atoms with Crippen LogP contribution >= 0.6 is 35.4 Å². The van der Waals surface area contributed by atoms with Gasteiger partial charge in [-0.2, -0.15) is 0 Å². The summed E-state index contributed by atoms with van der Waals surface area (Å²) in [5, 5.41) is 7.17. The quantitative estimate of drug-likeness (QED) is 0.695. The third kappa shape index (κ3) is 4.79. The molecule has 2 rings (SSSR count). The number of sulfonamides is 1. The van der Waals surface area contributed by atoms with Gasteiger partial charge in [0.15, 0.2) is 5.11 Å². The van der Waals surface area contributed by atoms with Crippen molar-refractivity contribution in [1.82, 2.24) is 4.72 Å². The van der Waals surface area contributed by atoms with E-state index >= 15 is 0 Å². The van der Waals surface area contributed by atoms with Crippen molar-refractivity contribution in [2.75, 3.05) is 17.7 Å². The van der Waals surface area contributed by atoms with Crippen LogP contribution < -0.4 is 15.4 Å². The highest BCUT2D eigenvalue weighted by atomic mass is 35.5. The Labute approximate surface area is 150 Å². The summed E-state index contributed by atoms with van der Waals surface area (Å²) in [6.45, 7) is 0. The first kappa shape index (κ1) is 18.0. The second-order valence-electron chi connectivity index (χ2n) is 4.44. The Morgan fingerprint density at radius 3 is 2.26 bits per heavy atom. The van der Waals surface area contributed by atoms with Crippen molar-refractivity contribution < 1.29 is 8.42 Å². The van der Waals surface area contributed by atoms with Gasteiger partial charge < -0.3 is 10.6 Å². The number of benzene rings is 2. The van der Waals surface area contributed by atoms with Crippen molar-refractivity contribution in [3.63, 3.8) is 0 Å². The second-order valence-corrected chi connectivity index (χ2v) is 7.57. The molecular formula is C14H13Cl2N3O2S2. The Hall–Kier alpha value is -1.38. The van der Waals surface area contributed by atoms with Crippen molar-refractivity contribution in [2.24, 2.45) is 0 Å². The monoisotopic (exact) mass is 389 g/mol. The molecule has 0 saturated heterocycles. The summed E-state index contributed by atoms with van der Waals surface area (Å²) in [5.41, 5.74) is 1.26. The van der Waals surface area contributed by atoms with Crippen LogP contribution in [-0.4, -0.2) is 20.6 Å². The molecule has 23 heavy (non-hydrogen) atoms. The molecule has 5 nitrogen and oxygen atoms in total. The highest BCUT2D eigenvalue weighted by Gasteiger charge is 2.10. The van der Waals surface area contributed by atoms with Crippen molar-refractivity contribution in [1.29, 1.82) is 0 Å². The second kappa shape index (κ2) is 7.46. The van der Waals surface area contributed by atoms with E-state index in [1.807, 2.05) is 0 Å². The predicted octanol–water partition coefficient (Wildman–Crippen LogP) is 3.71. The van der Waals surface area contributed by atoms with Crippen LogP contribution in [0.4, 0.5) is 11.4 Å². The average Bonchev–Trinajstić information content (AvgIpc) is 2.50. The number of rotatable bonds is 4. The topological polar surface area (TPSA) is 70.2 Å². The number of hydrogen-bond donors (Lipinski definition) is 3. The standard InChI is InChI=1S/C14H13Cl2N3O2S2/c1-17-23(20,21)11-5-3-10(4-6-11)18-14(22)19-13-7-2-9(15)8-12(13)16/h2-8,17H,1H3,(H2,18,19,22). The van der Waals surface area contributed by atoms with E-state index in [2.05, 4.69) is 15.4 Å². The van der Waals surface area contributed by atoms with E-state index in [9.17, 15) is 8.42 Å². The third-order valence-corrected chi connectivity index (χ3v) is 5.05. The first-order valence-corrected chi connectivity index (χ1v) is 9.03. The minimum atomic E-state index is -3.46. The summed E-state index contributed by atoms with van der Waals surface area (Å²) in [5.74, 6) is 0. The summed E-state index contributed by atoms with van der Waals surface area (Å²) < 4.78 is 25.5. The summed E-state index contributed by atoms with van der Waals surface area (Å²) in [7, 11) is -2.10. The van der Waals surface area contributed by atoms with Gasteiger partial charge in [-0.1, -0.05) is 23.2 Å². The number of nitrogens with one attached hydrogen (secondary N) is 3. The van der Waals surface area contributed by atoms with Crippen molar-refractivity contribution in [2.45, 2.75) is 4.90 Å². The molecule has 0 unspecified atom stereocenters. The number of anilines is 2. The van der Waals surface area contributed by atoms with Gasteiger partial charge >= 0.3 is 0 Å². The van der Waals surface area contributed by atoms with Gasteiger partial charge in [0.25, 0.3) is 0 Å². The molecule has 2 aromatic carbocycles. The van der Waals surface area contributed by atoms with E-state index in [0.717, 1.165) is 0 Å². The zero-order valence-electron chi connectivity index (χ0n) is 11.9. The van der Waals surface area contributed by atoms with E-state index in [1.54, 1.807) is 30.3 Å². The maximum Gasteiger partial charge on any atom is 0.240 e. The highest BCUT2D eigenvalue weighted by molar-refractivity contribution is 7.89. The first-order valence-electron chi connectivity index (χ1n) is 6.38. The summed E-state index contributed by atoms with van der Waals surface area (Å²) in [6, 6.07) is 11.2. The van der Waals surface area contributed by atoms with E-state index in [-0.39, 0.29) is 4.90 Å². The Morgan fingerprint density at radius 2 is 1.70 bits per heavy atom. The molecule has 0 heterocycles. The van der Waals surface area contributed by atoms with Crippen LogP contribution in [0.3, 0.4) is 0 Å². The molecule has 0 atom stereocenters. The highest BCUT2D eigenvalue weighted by Crippen LogP contribution is 2.25. The summed E-state index contributed by atoms with van der Waals surface area (Å²) in [4.78, 5) is 0.171. The van der Waals surface area contributed by atoms with Crippen LogP contribution in [0.15, 0.2) is 47.4 Å². The third-order valence-electron chi connectivity index (χ3n) is 2.87. The molecular weight excluding hydrogens is 377 g/mol. The Kier molecular flexibility index (Phi) is 5.83. The maximum atomic E-state index is 11.6. The molecule has 0 saturated carbocycles. The number of halogens is 2. The molecule has 0 radical (unpaired) electrons. The van der Waals surface area contributed by atoms with Gasteiger partial charge in [-0.25, -0.2) is 13.1 Å². The number of thiocarbonyl (C=S) groups is 1. The largest absolute Gasteiger partial charge is 0.332 e. The van der Waals surface area contributed by atoms with Crippen molar-refractivity contribution in [3.8, 4) is 0 Å². The van der Waals surface area contributed by atoms with Crippen LogP contribution in [0.5, 0.6) is 0 Å². The predicted molar refractivity (Wildman–Crippen MR) is 99.0 cm³/mol. The molecule has 3 N–H and O–H groups in total. The Bertz CT molecular complexity index is 824. The lowest BCUT2D eigenvalue weighted by Crippen LogP contribution is -2.20. The zero-order valence-corrected chi connectivity index (χ0v) is 15.1. The molecule has 0 bridgehead atoms. The molecule has 9 heteroatoms. The average molecular weight is 390 g/mol. The van der Waals surface area contributed by atoms with Gasteiger partial charge in [-0.05, 0) is 61.7 Å². The lowest BCUT2D eigenvalue weighted by atomic mass is 10.3. The van der Waals surface area contributed by atoms with Crippen LogP contribution in [0.25, 0.3) is 0 Å². The first-order chi connectivity index (χ1) is 10.8. The summed E-state index contributed by atoms with van der Waals surface area (Å²) >= 11 is 17.1. The SMILES string of the molecule is CNS(=O)(=O)c1ccc(NC(=S)Nc2ccc(Cl)cc2Cl)cc1. The van der Waals surface area contributed by atoms with Gasteiger partial charge in [0, 0.05) is 10.7 Å². The van der Waals surface area contributed by atoms with Crippen LogP contribution in [0.1, 0.15) is 0 Å². The molecule has 2 aromatic rings. The van der Waals surface area contributed by atoms with Crippen LogP contribution in [-0.2, 0) is 10.0 Å². The molecule has 0 fully saturated rings. The fourth-order valence-electron chi connectivity index (χ4n) is 1.71. The number of hydrogen-bond acceptors (Lipinski definition) is 3. The van der Waals surface area contributed by atoms with Crippen molar-refractivity contribution in [3.05, 3.63) is 52.5 Å². The Morgan fingerprint density at radius 1 is 1.04 bits per heavy atom. The minimum Gasteiger partial charge on any atom is -0.332 e. The molecule has 0 aliphatic heterocycles. The fraction of sp³-hybridized carbons (Fsp3) is 0.0714. The van der Waals surface area contributed by atoms with Gasteiger partial charge in [0.05, 0.1) is 15.6 Å². The Balaban J connectivity index is 2.06. The van der Waals surface area contributed by atoms with Crippen LogP contribution in [0.2, 0.25) is 10.0 Å². The van der Waals surface area contributed by atoms with E-state index in [0.29, 0.717) is 26.5 Å². The van der Waals surface area contributed by atoms with Crippen LogP contribution in [0, 0.1) is 0 Å². The molecule has 0 spiro atoms.